The Bertz CT molecular complexity index is 449. The lowest BCUT2D eigenvalue weighted by molar-refractivity contribution is -0.120. The molecule has 0 aliphatic carbocycles. The van der Waals surface area contributed by atoms with Crippen LogP contribution in [0.2, 0.25) is 0 Å². The third-order valence-corrected chi connectivity index (χ3v) is 2.85. The first-order valence-electron chi connectivity index (χ1n) is 5.96. The zero-order chi connectivity index (χ0) is 13.5. The Morgan fingerprint density at radius 2 is 2.06 bits per heavy atom. The van der Waals surface area contributed by atoms with Gasteiger partial charge in [0.1, 0.15) is 11.8 Å². The van der Waals surface area contributed by atoms with E-state index in [0.717, 1.165) is 0 Å². The van der Waals surface area contributed by atoms with Crippen molar-refractivity contribution in [2.45, 2.75) is 20.8 Å². The van der Waals surface area contributed by atoms with E-state index >= 15 is 0 Å². The highest BCUT2D eigenvalue weighted by atomic mass is 16.5. The highest BCUT2D eigenvalue weighted by Crippen LogP contribution is 2.25. The van der Waals surface area contributed by atoms with Gasteiger partial charge in [0.05, 0.1) is 5.69 Å². The third-order valence-electron chi connectivity index (χ3n) is 2.85. The van der Waals surface area contributed by atoms with Crippen LogP contribution in [0.1, 0.15) is 20.8 Å². The van der Waals surface area contributed by atoms with E-state index in [1.54, 1.807) is 18.2 Å². The van der Waals surface area contributed by atoms with Gasteiger partial charge in [0, 0.05) is 5.92 Å². The van der Waals surface area contributed by atoms with E-state index in [1.807, 2.05) is 32.9 Å². The molecule has 4 heteroatoms. The van der Waals surface area contributed by atoms with Crippen LogP contribution >= 0.6 is 0 Å². The number of carbonyl (C=O) groups excluding carboxylic acids is 1. The van der Waals surface area contributed by atoms with Crippen LogP contribution in [-0.4, -0.2) is 12.5 Å². The number of para-hydroxylation sites is 2. The minimum absolute atomic E-state index is 0.0351. The van der Waals surface area contributed by atoms with Crippen molar-refractivity contribution >= 4 is 11.6 Å². The maximum absolute atomic E-state index is 11.9. The molecular weight excluding hydrogens is 228 g/mol. The number of nitriles is 1. The van der Waals surface area contributed by atoms with Crippen molar-refractivity contribution < 1.29 is 9.53 Å². The number of amides is 1. The Labute approximate surface area is 108 Å². The molecule has 96 valence electrons. The Morgan fingerprint density at radius 3 is 2.67 bits per heavy atom. The topological polar surface area (TPSA) is 62.1 Å². The predicted molar refractivity (Wildman–Crippen MR) is 70.2 cm³/mol. The van der Waals surface area contributed by atoms with Gasteiger partial charge in [-0.15, -0.1) is 0 Å². The minimum Gasteiger partial charge on any atom is -0.477 e. The van der Waals surface area contributed by atoms with Crippen molar-refractivity contribution in [3.63, 3.8) is 0 Å². The van der Waals surface area contributed by atoms with Crippen LogP contribution in [-0.2, 0) is 4.79 Å². The Hall–Kier alpha value is -2.02. The van der Waals surface area contributed by atoms with Crippen LogP contribution in [0.5, 0.6) is 5.75 Å². The van der Waals surface area contributed by atoms with Gasteiger partial charge >= 0.3 is 0 Å². The van der Waals surface area contributed by atoms with E-state index in [-0.39, 0.29) is 24.3 Å². The summed E-state index contributed by atoms with van der Waals surface area (Å²) >= 11 is 0. The molecule has 0 radical (unpaired) electrons. The molecule has 0 saturated carbocycles. The Balaban J connectivity index is 2.78. The quantitative estimate of drug-likeness (QED) is 0.869. The summed E-state index contributed by atoms with van der Waals surface area (Å²) in [6.07, 6.45) is 0. The number of carbonyl (C=O) groups is 1. The van der Waals surface area contributed by atoms with Crippen LogP contribution in [0.15, 0.2) is 24.3 Å². The monoisotopic (exact) mass is 246 g/mol. The van der Waals surface area contributed by atoms with Crippen LogP contribution in [0.25, 0.3) is 0 Å². The Kier molecular flexibility index (Phi) is 5.19. The SMILES string of the molecule is CC(C)C(C)C(=O)Nc1ccccc1OCC#N. The number of rotatable bonds is 5. The van der Waals surface area contributed by atoms with E-state index in [9.17, 15) is 4.79 Å². The van der Waals surface area contributed by atoms with Gasteiger partial charge in [-0.05, 0) is 18.1 Å². The first-order valence-corrected chi connectivity index (χ1v) is 5.96. The van der Waals surface area contributed by atoms with Crippen molar-refractivity contribution in [2.75, 3.05) is 11.9 Å². The van der Waals surface area contributed by atoms with Crippen molar-refractivity contribution in [1.29, 1.82) is 5.26 Å². The fourth-order valence-electron chi connectivity index (χ4n) is 1.36. The molecule has 1 aromatic rings. The lowest BCUT2D eigenvalue weighted by atomic mass is 9.97. The number of hydrogen-bond acceptors (Lipinski definition) is 3. The molecule has 0 fully saturated rings. The maximum Gasteiger partial charge on any atom is 0.227 e. The second-order valence-electron chi connectivity index (χ2n) is 4.46. The van der Waals surface area contributed by atoms with Gasteiger partial charge in [-0.2, -0.15) is 5.26 Å². The molecule has 4 nitrogen and oxygen atoms in total. The smallest absolute Gasteiger partial charge is 0.227 e. The fourth-order valence-corrected chi connectivity index (χ4v) is 1.36. The van der Waals surface area contributed by atoms with Crippen LogP contribution in [0, 0.1) is 23.2 Å². The second-order valence-corrected chi connectivity index (χ2v) is 4.46. The summed E-state index contributed by atoms with van der Waals surface area (Å²) in [4.78, 5) is 11.9. The standard InChI is InChI=1S/C14H18N2O2/c1-10(2)11(3)14(17)16-12-6-4-5-7-13(12)18-9-8-15/h4-7,10-11H,9H2,1-3H3,(H,16,17). The average Bonchev–Trinajstić information content (AvgIpc) is 2.36. The highest BCUT2D eigenvalue weighted by molar-refractivity contribution is 5.93. The van der Waals surface area contributed by atoms with Crippen LogP contribution < -0.4 is 10.1 Å². The molecule has 0 aromatic heterocycles. The van der Waals surface area contributed by atoms with Gasteiger partial charge in [-0.25, -0.2) is 0 Å². The molecule has 1 atom stereocenters. The number of ether oxygens (including phenoxy) is 1. The summed E-state index contributed by atoms with van der Waals surface area (Å²) < 4.78 is 5.25. The number of hydrogen-bond donors (Lipinski definition) is 1. The van der Waals surface area contributed by atoms with Gasteiger partial charge in [0.2, 0.25) is 5.91 Å². The Morgan fingerprint density at radius 1 is 1.39 bits per heavy atom. The van der Waals surface area contributed by atoms with Crippen molar-refractivity contribution in [3.8, 4) is 11.8 Å². The minimum atomic E-state index is -0.0750. The largest absolute Gasteiger partial charge is 0.477 e. The van der Waals surface area contributed by atoms with Crippen molar-refractivity contribution in [2.24, 2.45) is 11.8 Å². The molecule has 0 aliphatic rings. The van der Waals surface area contributed by atoms with Crippen LogP contribution in [0.4, 0.5) is 5.69 Å². The maximum atomic E-state index is 11.9. The third kappa shape index (κ3) is 3.77. The van der Waals surface area contributed by atoms with Gasteiger partial charge in [-0.1, -0.05) is 32.9 Å². The molecule has 1 unspecified atom stereocenters. The molecule has 1 aromatic carbocycles. The number of anilines is 1. The molecule has 0 heterocycles. The summed E-state index contributed by atoms with van der Waals surface area (Å²) in [5.41, 5.74) is 0.602. The lowest BCUT2D eigenvalue weighted by Crippen LogP contribution is -2.24. The van der Waals surface area contributed by atoms with Gasteiger partial charge in [0.15, 0.2) is 6.61 Å². The summed E-state index contributed by atoms with van der Waals surface area (Å²) in [5.74, 6) is 0.674. The summed E-state index contributed by atoms with van der Waals surface area (Å²) in [7, 11) is 0. The zero-order valence-corrected chi connectivity index (χ0v) is 10.9. The highest BCUT2D eigenvalue weighted by Gasteiger charge is 2.17. The first-order chi connectivity index (χ1) is 8.56. The molecule has 1 N–H and O–H groups in total. The molecule has 18 heavy (non-hydrogen) atoms. The summed E-state index contributed by atoms with van der Waals surface area (Å²) in [6, 6.07) is 9.01. The van der Waals surface area contributed by atoms with E-state index in [1.165, 1.54) is 0 Å². The molecule has 1 amide bonds. The predicted octanol–water partition coefficient (Wildman–Crippen LogP) is 2.82. The van der Waals surface area contributed by atoms with E-state index in [4.69, 9.17) is 10.00 Å². The molecule has 0 spiro atoms. The van der Waals surface area contributed by atoms with Crippen LogP contribution in [0.3, 0.4) is 0 Å². The molecule has 1 rings (SSSR count). The number of nitrogens with one attached hydrogen (secondary N) is 1. The summed E-state index contributed by atoms with van der Waals surface area (Å²) in [5, 5.41) is 11.3. The normalized spacial score (nSPS) is 11.7. The van der Waals surface area contributed by atoms with Gasteiger partial charge < -0.3 is 10.1 Å². The van der Waals surface area contributed by atoms with Gasteiger partial charge in [0.25, 0.3) is 0 Å². The summed E-state index contributed by atoms with van der Waals surface area (Å²) in [6.45, 7) is 5.86. The zero-order valence-electron chi connectivity index (χ0n) is 10.9. The number of benzene rings is 1. The lowest BCUT2D eigenvalue weighted by Gasteiger charge is -2.16. The van der Waals surface area contributed by atoms with E-state index < -0.39 is 0 Å². The fraction of sp³-hybridized carbons (Fsp3) is 0.429. The van der Waals surface area contributed by atoms with E-state index in [2.05, 4.69) is 5.32 Å². The van der Waals surface area contributed by atoms with E-state index in [0.29, 0.717) is 11.4 Å². The second kappa shape index (κ2) is 6.65. The van der Waals surface area contributed by atoms with Crippen molar-refractivity contribution in [3.05, 3.63) is 24.3 Å². The molecular formula is C14H18N2O2. The van der Waals surface area contributed by atoms with Crippen molar-refractivity contribution in [1.82, 2.24) is 0 Å². The molecule has 0 aliphatic heterocycles. The van der Waals surface area contributed by atoms with Gasteiger partial charge in [-0.3, -0.25) is 4.79 Å². The number of nitrogens with zero attached hydrogens (tertiary/aromatic N) is 1. The molecule has 0 bridgehead atoms. The first kappa shape index (κ1) is 14.0. The average molecular weight is 246 g/mol. The molecule has 0 saturated heterocycles.